The minimum absolute atomic E-state index is 0.183. The minimum atomic E-state index is 0.183. The molecule has 1 spiro atoms. The molecule has 1 saturated carbocycles. The van der Waals surface area contributed by atoms with Gasteiger partial charge in [-0.1, -0.05) is 30.3 Å². The number of morpholine rings is 1. The molecule has 2 fully saturated rings. The maximum atomic E-state index is 6.32. The molecule has 2 aromatic heterocycles. The third-order valence-electron chi connectivity index (χ3n) is 9.43. The highest BCUT2D eigenvalue weighted by Gasteiger charge is 2.48. The van der Waals surface area contributed by atoms with Crippen molar-refractivity contribution in [1.82, 2.24) is 29.9 Å². The van der Waals surface area contributed by atoms with Crippen LogP contribution in [0.3, 0.4) is 0 Å². The van der Waals surface area contributed by atoms with Crippen molar-refractivity contribution < 1.29 is 4.74 Å². The van der Waals surface area contributed by atoms with Crippen molar-refractivity contribution in [2.45, 2.75) is 69.4 Å². The number of nitrogen functional groups attached to an aromatic ring is 1. The molecule has 9 heteroatoms. The van der Waals surface area contributed by atoms with E-state index in [0.717, 1.165) is 68.7 Å². The van der Waals surface area contributed by atoms with Gasteiger partial charge in [-0.15, -0.1) is 15.3 Å². The Balaban J connectivity index is 0.989. The third kappa shape index (κ3) is 4.77. The zero-order chi connectivity index (χ0) is 27.4. The van der Waals surface area contributed by atoms with Crippen LogP contribution in [0.4, 0.5) is 17.6 Å². The molecule has 2 aromatic carbocycles. The first kappa shape index (κ1) is 24.9. The Morgan fingerprint density at radius 1 is 0.902 bits per heavy atom. The van der Waals surface area contributed by atoms with Crippen molar-refractivity contribution in [3.63, 3.8) is 0 Å². The van der Waals surface area contributed by atoms with Crippen molar-refractivity contribution in [1.29, 1.82) is 0 Å². The number of rotatable bonds is 4. The Bertz CT molecular complexity index is 1610. The van der Waals surface area contributed by atoms with Crippen molar-refractivity contribution >= 4 is 17.6 Å². The first-order chi connectivity index (χ1) is 20.1. The Hall–Kier alpha value is -3.82. The Labute approximate surface area is 240 Å². The molecule has 3 heterocycles. The summed E-state index contributed by atoms with van der Waals surface area (Å²) in [6.45, 7) is 3.05. The molecular formula is C32H36N8O. The van der Waals surface area contributed by atoms with Gasteiger partial charge in [-0.3, -0.25) is 4.90 Å². The van der Waals surface area contributed by atoms with Crippen LogP contribution in [0.5, 0.6) is 0 Å². The van der Waals surface area contributed by atoms with E-state index >= 15 is 0 Å². The SMILES string of the molecule is Nc1nc(Nc2ccc3c(c2)CC[C@H](N2CCOC4(CC4)C2)CC3)nn1-c1cc2c(nn1)-c1ccccc1CCC2. The molecule has 1 saturated heterocycles. The first-order valence-electron chi connectivity index (χ1n) is 15.1. The summed E-state index contributed by atoms with van der Waals surface area (Å²) in [6.07, 6.45) is 10.1. The van der Waals surface area contributed by atoms with Crippen LogP contribution in [-0.2, 0) is 30.4 Å². The van der Waals surface area contributed by atoms with Crippen molar-refractivity contribution in [3.8, 4) is 17.1 Å². The van der Waals surface area contributed by atoms with Crippen LogP contribution in [0.25, 0.3) is 17.1 Å². The zero-order valence-electron chi connectivity index (χ0n) is 23.4. The average Bonchev–Trinajstić information content (AvgIpc) is 3.72. The van der Waals surface area contributed by atoms with E-state index in [9.17, 15) is 0 Å². The molecule has 4 aromatic rings. The van der Waals surface area contributed by atoms with Crippen LogP contribution in [0, 0.1) is 0 Å². The molecule has 0 amide bonds. The monoisotopic (exact) mass is 548 g/mol. The Morgan fingerprint density at radius 3 is 2.66 bits per heavy atom. The number of nitrogens with two attached hydrogens (primary N) is 1. The smallest absolute Gasteiger partial charge is 0.248 e. The summed E-state index contributed by atoms with van der Waals surface area (Å²) in [6, 6.07) is 17.8. The number of hydrogen-bond acceptors (Lipinski definition) is 8. The minimum Gasteiger partial charge on any atom is -0.372 e. The number of aryl methyl sites for hydroxylation is 4. The molecule has 3 N–H and O–H groups in total. The summed E-state index contributed by atoms with van der Waals surface area (Å²) in [4.78, 5) is 7.20. The lowest BCUT2D eigenvalue weighted by atomic mass is 10.0. The highest BCUT2D eigenvalue weighted by atomic mass is 16.5. The van der Waals surface area contributed by atoms with Gasteiger partial charge in [0.25, 0.3) is 0 Å². The molecule has 3 aliphatic carbocycles. The lowest BCUT2D eigenvalue weighted by Gasteiger charge is -2.38. The van der Waals surface area contributed by atoms with Gasteiger partial charge in [0.2, 0.25) is 11.9 Å². The second-order valence-electron chi connectivity index (χ2n) is 12.1. The fourth-order valence-corrected chi connectivity index (χ4v) is 7.01. The number of anilines is 3. The zero-order valence-corrected chi connectivity index (χ0v) is 23.4. The van der Waals surface area contributed by atoms with Crippen molar-refractivity contribution in [3.05, 3.63) is 70.8 Å². The van der Waals surface area contributed by atoms with Gasteiger partial charge in [0.1, 0.15) is 0 Å². The standard InChI is InChI=1S/C32H36N8O/c33-30-35-31(38-40(30)28-19-24-6-3-5-22-4-1-2-7-27(22)29(24)37-36-28)34-25-11-8-21-9-12-26(13-10-23(21)18-25)39-16-17-41-32(20-39)14-15-32/h1-2,4,7-8,11,18-19,26H,3,5-6,9-10,12-17,20H2,(H3,33,34,35,38)/t26-/m1/s1. The lowest BCUT2D eigenvalue weighted by Crippen LogP contribution is -2.49. The fraction of sp³-hybridized carbons (Fsp3) is 0.438. The summed E-state index contributed by atoms with van der Waals surface area (Å²) < 4.78 is 7.64. The van der Waals surface area contributed by atoms with Crippen LogP contribution in [0.1, 0.15) is 54.4 Å². The van der Waals surface area contributed by atoms with E-state index in [2.05, 4.69) is 79.0 Å². The van der Waals surface area contributed by atoms with E-state index in [0.29, 0.717) is 17.8 Å². The third-order valence-corrected chi connectivity index (χ3v) is 9.43. The number of fused-ring (bicyclic) bond motifs is 4. The van der Waals surface area contributed by atoms with Crippen LogP contribution in [-0.4, -0.2) is 61.2 Å². The van der Waals surface area contributed by atoms with Crippen LogP contribution in [0.2, 0.25) is 0 Å². The molecule has 8 rings (SSSR count). The maximum Gasteiger partial charge on any atom is 0.248 e. The molecule has 0 unspecified atom stereocenters. The van der Waals surface area contributed by atoms with Crippen LogP contribution >= 0.6 is 0 Å². The topological polar surface area (TPSA) is 107 Å². The van der Waals surface area contributed by atoms with E-state index in [1.807, 2.05) is 0 Å². The van der Waals surface area contributed by atoms with Crippen molar-refractivity contribution in [2.24, 2.45) is 0 Å². The van der Waals surface area contributed by atoms with Gasteiger partial charge in [-0.05, 0) is 98.2 Å². The summed E-state index contributed by atoms with van der Waals surface area (Å²) in [5.41, 5.74) is 15.0. The Kier molecular flexibility index (Phi) is 6.03. The van der Waals surface area contributed by atoms with Gasteiger partial charge in [-0.25, -0.2) is 0 Å². The van der Waals surface area contributed by atoms with Gasteiger partial charge in [0.15, 0.2) is 5.82 Å². The molecular weight excluding hydrogens is 512 g/mol. The summed E-state index contributed by atoms with van der Waals surface area (Å²) in [5.74, 6) is 1.33. The van der Waals surface area contributed by atoms with E-state index in [1.165, 1.54) is 47.9 Å². The molecule has 1 atom stereocenters. The largest absolute Gasteiger partial charge is 0.372 e. The van der Waals surface area contributed by atoms with Gasteiger partial charge in [0, 0.05) is 30.4 Å². The second-order valence-corrected chi connectivity index (χ2v) is 12.1. The van der Waals surface area contributed by atoms with Crippen LogP contribution < -0.4 is 11.1 Å². The molecule has 9 nitrogen and oxygen atoms in total. The Morgan fingerprint density at radius 2 is 1.76 bits per heavy atom. The van der Waals surface area contributed by atoms with E-state index in [1.54, 1.807) is 4.68 Å². The average molecular weight is 549 g/mol. The normalized spacial score (nSPS) is 21.3. The highest BCUT2D eigenvalue weighted by Crippen LogP contribution is 2.43. The molecule has 210 valence electrons. The number of nitrogens with zero attached hydrogens (tertiary/aromatic N) is 6. The first-order valence-corrected chi connectivity index (χ1v) is 15.1. The number of nitrogens with one attached hydrogen (secondary N) is 1. The van der Waals surface area contributed by atoms with Crippen LogP contribution in [0.15, 0.2) is 48.5 Å². The summed E-state index contributed by atoms with van der Waals surface area (Å²) >= 11 is 0. The maximum absolute atomic E-state index is 6.32. The fourth-order valence-electron chi connectivity index (χ4n) is 7.01. The number of hydrogen-bond donors (Lipinski definition) is 2. The molecule has 41 heavy (non-hydrogen) atoms. The number of ether oxygens (including phenoxy) is 1. The van der Waals surface area contributed by atoms with E-state index < -0.39 is 0 Å². The van der Waals surface area contributed by atoms with Gasteiger partial charge < -0.3 is 15.8 Å². The van der Waals surface area contributed by atoms with Crippen molar-refractivity contribution in [2.75, 3.05) is 30.7 Å². The summed E-state index contributed by atoms with van der Waals surface area (Å²) in [5, 5.41) is 17.2. The summed E-state index contributed by atoms with van der Waals surface area (Å²) in [7, 11) is 0. The number of aromatic nitrogens is 5. The second kappa shape index (κ2) is 9.92. The quantitative estimate of drug-likeness (QED) is 0.355. The highest BCUT2D eigenvalue weighted by molar-refractivity contribution is 5.68. The molecule has 0 bridgehead atoms. The number of benzene rings is 2. The van der Waals surface area contributed by atoms with E-state index in [4.69, 9.17) is 10.5 Å². The van der Waals surface area contributed by atoms with Gasteiger partial charge >= 0.3 is 0 Å². The predicted molar refractivity (Wildman–Crippen MR) is 158 cm³/mol. The van der Waals surface area contributed by atoms with E-state index in [-0.39, 0.29) is 11.5 Å². The lowest BCUT2D eigenvalue weighted by molar-refractivity contribution is -0.0613. The van der Waals surface area contributed by atoms with Gasteiger partial charge in [-0.2, -0.15) is 9.67 Å². The molecule has 4 aliphatic rings. The molecule has 1 aliphatic heterocycles. The van der Waals surface area contributed by atoms with Gasteiger partial charge in [0.05, 0.1) is 17.9 Å². The molecule has 0 radical (unpaired) electrons. The predicted octanol–water partition coefficient (Wildman–Crippen LogP) is 4.65.